The van der Waals surface area contributed by atoms with E-state index < -0.39 is 0 Å². The van der Waals surface area contributed by atoms with E-state index in [9.17, 15) is 4.79 Å². The first-order chi connectivity index (χ1) is 13.4. The molecule has 0 radical (unpaired) electrons. The Morgan fingerprint density at radius 1 is 1.04 bits per heavy atom. The van der Waals surface area contributed by atoms with Crippen molar-refractivity contribution in [3.63, 3.8) is 0 Å². The Morgan fingerprint density at radius 2 is 1.79 bits per heavy atom. The van der Waals surface area contributed by atoms with Crippen molar-refractivity contribution >= 4 is 55.5 Å². The first kappa shape index (κ1) is 19.1. The summed E-state index contributed by atoms with van der Waals surface area (Å²) in [7, 11) is 0. The Kier molecular flexibility index (Phi) is 5.19. The van der Waals surface area contributed by atoms with Crippen LogP contribution in [0.4, 0.5) is 5.13 Å². The zero-order valence-corrected chi connectivity index (χ0v) is 18.1. The number of aryl methyl sites for hydroxylation is 3. The molecule has 0 bridgehead atoms. The Balaban J connectivity index is 1.83. The Hall–Kier alpha value is -2.28. The van der Waals surface area contributed by atoms with E-state index in [1.54, 1.807) is 4.90 Å². The molecule has 0 saturated carbocycles. The van der Waals surface area contributed by atoms with E-state index in [4.69, 9.17) is 16.6 Å². The lowest BCUT2D eigenvalue weighted by Gasteiger charge is -2.19. The third-order valence-electron chi connectivity index (χ3n) is 4.44. The average molecular weight is 428 g/mol. The molecule has 0 fully saturated rings. The fourth-order valence-corrected chi connectivity index (χ4v) is 5.23. The minimum absolute atomic E-state index is 0.0835. The van der Waals surface area contributed by atoms with Gasteiger partial charge in [0.2, 0.25) is 0 Å². The smallest absolute Gasteiger partial charge is 0.272 e. The van der Waals surface area contributed by atoms with Gasteiger partial charge in [-0.3, -0.25) is 9.69 Å². The predicted molar refractivity (Wildman–Crippen MR) is 118 cm³/mol. The normalized spacial score (nSPS) is 11.1. The van der Waals surface area contributed by atoms with Crippen LogP contribution in [0.5, 0.6) is 0 Å². The molecule has 7 heteroatoms. The van der Waals surface area contributed by atoms with E-state index >= 15 is 0 Å². The highest BCUT2D eigenvalue weighted by Crippen LogP contribution is 2.37. The molecule has 0 N–H and O–H groups in total. The van der Waals surface area contributed by atoms with Crippen molar-refractivity contribution in [2.45, 2.75) is 27.3 Å². The molecule has 2 heterocycles. The number of carbonyl (C=O) groups is 1. The topological polar surface area (TPSA) is 46.1 Å². The summed E-state index contributed by atoms with van der Waals surface area (Å²) in [6.07, 6.45) is 0. The summed E-state index contributed by atoms with van der Waals surface area (Å²) in [5, 5.41) is 2.18. The van der Waals surface area contributed by atoms with Gasteiger partial charge in [0.15, 0.2) is 5.13 Å². The van der Waals surface area contributed by atoms with Crippen molar-refractivity contribution < 1.29 is 4.79 Å². The van der Waals surface area contributed by atoms with E-state index in [1.807, 2.05) is 63.2 Å². The van der Waals surface area contributed by atoms with Crippen LogP contribution < -0.4 is 4.90 Å². The molecular formula is C21H18ClN3OS2. The maximum absolute atomic E-state index is 13.5. The fraction of sp³-hybridized carbons (Fsp3) is 0.190. The van der Waals surface area contributed by atoms with Crippen LogP contribution in [0.2, 0.25) is 5.02 Å². The number of hydrogen-bond acceptors (Lipinski definition) is 5. The summed E-state index contributed by atoms with van der Waals surface area (Å²) in [5.41, 5.74) is 3.67. The molecule has 1 amide bonds. The number of halogens is 1. The quantitative estimate of drug-likeness (QED) is 0.390. The molecule has 0 spiro atoms. The summed E-state index contributed by atoms with van der Waals surface area (Å²) in [6.45, 7) is 6.22. The molecule has 142 valence electrons. The molecule has 4 nitrogen and oxygen atoms in total. The number of hydrogen-bond donors (Lipinski definition) is 0. The number of amides is 1. The van der Waals surface area contributed by atoms with Crippen LogP contribution in [0.1, 0.15) is 31.5 Å². The van der Waals surface area contributed by atoms with Crippen molar-refractivity contribution in [1.82, 2.24) is 9.97 Å². The Morgan fingerprint density at radius 3 is 2.43 bits per heavy atom. The van der Waals surface area contributed by atoms with Crippen LogP contribution in [0, 0.1) is 20.8 Å². The molecule has 0 atom stereocenters. The highest BCUT2D eigenvalue weighted by Gasteiger charge is 2.26. The SMILES string of the molecule is Cc1nc(C)c(C(=O)N(Cc2ccccc2)c2nc3c(C)ccc(Cl)c3s2)s1. The predicted octanol–water partition coefficient (Wildman–Crippen LogP) is 6.18. The lowest BCUT2D eigenvalue weighted by molar-refractivity contribution is 0.0988. The number of rotatable bonds is 4. The van der Waals surface area contributed by atoms with Gasteiger partial charge >= 0.3 is 0 Å². The molecule has 0 saturated heterocycles. The second-order valence-electron chi connectivity index (χ2n) is 6.56. The number of thiazole rings is 2. The number of benzene rings is 2. The van der Waals surface area contributed by atoms with Gasteiger partial charge in [0.05, 0.1) is 32.5 Å². The van der Waals surface area contributed by atoms with Gasteiger partial charge in [-0.25, -0.2) is 9.97 Å². The van der Waals surface area contributed by atoms with Gasteiger partial charge in [0, 0.05) is 0 Å². The van der Waals surface area contributed by atoms with Gasteiger partial charge in [0.1, 0.15) is 4.88 Å². The van der Waals surface area contributed by atoms with E-state index in [1.165, 1.54) is 22.7 Å². The maximum Gasteiger partial charge on any atom is 0.272 e. The zero-order valence-electron chi connectivity index (χ0n) is 15.7. The van der Waals surface area contributed by atoms with E-state index in [0.717, 1.165) is 32.0 Å². The third kappa shape index (κ3) is 3.55. The van der Waals surface area contributed by atoms with E-state index in [2.05, 4.69) is 4.98 Å². The van der Waals surface area contributed by atoms with Crippen LogP contribution in [-0.4, -0.2) is 15.9 Å². The molecule has 2 aromatic heterocycles. The van der Waals surface area contributed by atoms with Gasteiger partial charge in [-0.05, 0) is 38.0 Å². The second kappa shape index (κ2) is 7.62. The molecule has 2 aromatic carbocycles. The molecule has 0 aliphatic carbocycles. The van der Waals surface area contributed by atoms with Crippen molar-refractivity contribution in [1.29, 1.82) is 0 Å². The number of fused-ring (bicyclic) bond motifs is 1. The number of anilines is 1. The van der Waals surface area contributed by atoms with Crippen LogP contribution in [-0.2, 0) is 6.54 Å². The minimum atomic E-state index is -0.0835. The lowest BCUT2D eigenvalue weighted by Crippen LogP contribution is -2.30. The Labute approximate surface area is 176 Å². The largest absolute Gasteiger partial charge is 0.279 e. The van der Waals surface area contributed by atoms with Crippen LogP contribution in [0.3, 0.4) is 0 Å². The summed E-state index contributed by atoms with van der Waals surface area (Å²) in [6, 6.07) is 13.8. The fourth-order valence-electron chi connectivity index (χ4n) is 3.05. The highest BCUT2D eigenvalue weighted by molar-refractivity contribution is 7.23. The van der Waals surface area contributed by atoms with Crippen molar-refractivity contribution in [2.24, 2.45) is 0 Å². The van der Waals surface area contributed by atoms with Gasteiger partial charge in [-0.1, -0.05) is 59.3 Å². The van der Waals surface area contributed by atoms with Crippen molar-refractivity contribution in [3.05, 3.63) is 74.2 Å². The van der Waals surface area contributed by atoms with Crippen molar-refractivity contribution in [3.8, 4) is 0 Å². The van der Waals surface area contributed by atoms with E-state index in [0.29, 0.717) is 21.6 Å². The second-order valence-corrected chi connectivity index (χ2v) is 9.15. The summed E-state index contributed by atoms with van der Waals surface area (Å²) < 4.78 is 0.903. The molecule has 4 rings (SSSR count). The lowest BCUT2D eigenvalue weighted by atomic mass is 10.2. The maximum atomic E-state index is 13.5. The number of aromatic nitrogens is 2. The molecule has 0 unspecified atom stereocenters. The molecular weight excluding hydrogens is 410 g/mol. The molecule has 28 heavy (non-hydrogen) atoms. The third-order valence-corrected chi connectivity index (χ3v) is 7.04. The number of nitrogens with zero attached hydrogens (tertiary/aromatic N) is 3. The van der Waals surface area contributed by atoms with Crippen LogP contribution in [0.15, 0.2) is 42.5 Å². The van der Waals surface area contributed by atoms with Gasteiger partial charge in [0.25, 0.3) is 5.91 Å². The van der Waals surface area contributed by atoms with Gasteiger partial charge in [-0.2, -0.15) is 0 Å². The highest BCUT2D eigenvalue weighted by atomic mass is 35.5. The van der Waals surface area contributed by atoms with Crippen LogP contribution >= 0.6 is 34.3 Å². The molecule has 0 aliphatic heterocycles. The van der Waals surface area contributed by atoms with Gasteiger partial charge in [-0.15, -0.1) is 11.3 Å². The summed E-state index contributed by atoms with van der Waals surface area (Å²) >= 11 is 9.26. The molecule has 0 aliphatic rings. The first-order valence-electron chi connectivity index (χ1n) is 8.79. The van der Waals surface area contributed by atoms with Crippen molar-refractivity contribution in [2.75, 3.05) is 4.90 Å². The summed E-state index contributed by atoms with van der Waals surface area (Å²) in [4.78, 5) is 25.0. The molecule has 4 aromatic rings. The van der Waals surface area contributed by atoms with Gasteiger partial charge < -0.3 is 0 Å². The standard InChI is InChI=1S/C21H18ClN3OS2/c1-12-9-10-16(22)19-17(12)24-21(28-19)25(11-15-7-5-4-6-8-15)20(26)18-13(2)23-14(3)27-18/h4-10H,11H2,1-3H3. The monoisotopic (exact) mass is 427 g/mol. The minimum Gasteiger partial charge on any atom is -0.279 e. The first-order valence-corrected chi connectivity index (χ1v) is 10.8. The summed E-state index contributed by atoms with van der Waals surface area (Å²) in [5.74, 6) is -0.0835. The average Bonchev–Trinajstić information content (AvgIpc) is 3.27. The number of carbonyl (C=O) groups excluding carboxylic acids is 1. The Bertz CT molecular complexity index is 1130. The van der Waals surface area contributed by atoms with Crippen LogP contribution in [0.25, 0.3) is 10.2 Å². The van der Waals surface area contributed by atoms with E-state index in [-0.39, 0.29) is 5.91 Å². The zero-order chi connectivity index (χ0) is 19.8.